The van der Waals surface area contributed by atoms with Crippen LogP contribution >= 0.6 is 0 Å². The number of unbranched alkanes of at least 4 members (excludes halogenated alkanes) is 6. The third-order valence-corrected chi connectivity index (χ3v) is 9.32. The molecule has 0 unspecified atom stereocenters. The van der Waals surface area contributed by atoms with Gasteiger partial charge in [-0.25, -0.2) is 0 Å². The summed E-state index contributed by atoms with van der Waals surface area (Å²) >= 11 is 0. The molecule has 0 spiro atoms. The fourth-order valence-electron chi connectivity index (χ4n) is 6.85. The summed E-state index contributed by atoms with van der Waals surface area (Å²) in [6.07, 6.45) is 14.9. The second kappa shape index (κ2) is 12.9. The van der Waals surface area contributed by atoms with Crippen molar-refractivity contribution in [3.8, 4) is 0 Å². The number of ether oxygens (including phenoxy) is 1. The number of nitrogens with zero attached hydrogens (tertiary/aromatic N) is 2. The zero-order valence-corrected chi connectivity index (χ0v) is 24.4. The summed E-state index contributed by atoms with van der Waals surface area (Å²) in [6.45, 7) is 8.24. The SMILES string of the molecule is CCCCCCCCCC(=O)OCCC(C)(C)C(=O)n1c2c(c3c1C[C@H]1CCN(C)C[C@@H]1C3=O)CCCC2. The highest BCUT2D eigenvalue weighted by atomic mass is 16.5. The Labute approximate surface area is 229 Å². The second-order valence-corrected chi connectivity index (χ2v) is 12.8. The average molecular weight is 527 g/mol. The first-order valence-corrected chi connectivity index (χ1v) is 15.4. The highest BCUT2D eigenvalue weighted by Gasteiger charge is 2.45. The Hall–Kier alpha value is -1.95. The van der Waals surface area contributed by atoms with Gasteiger partial charge >= 0.3 is 5.97 Å². The smallest absolute Gasteiger partial charge is 0.305 e. The van der Waals surface area contributed by atoms with Gasteiger partial charge in [0.2, 0.25) is 5.91 Å². The molecule has 1 aliphatic heterocycles. The van der Waals surface area contributed by atoms with Gasteiger partial charge in [0, 0.05) is 41.2 Å². The number of hydrogen-bond donors (Lipinski definition) is 0. The molecule has 0 N–H and O–H groups in total. The Kier molecular flexibility index (Phi) is 9.89. The fraction of sp³-hybridized carbons (Fsp3) is 0.781. The lowest BCUT2D eigenvalue weighted by Crippen LogP contribution is -2.46. The number of likely N-dealkylation sites (tertiary alicyclic amines) is 1. The normalized spacial score (nSPS) is 21.5. The van der Waals surface area contributed by atoms with Crippen molar-refractivity contribution in [2.45, 2.75) is 117 Å². The first-order valence-electron chi connectivity index (χ1n) is 15.4. The molecule has 0 radical (unpaired) electrons. The summed E-state index contributed by atoms with van der Waals surface area (Å²) < 4.78 is 7.51. The van der Waals surface area contributed by atoms with Gasteiger partial charge in [-0.15, -0.1) is 0 Å². The maximum Gasteiger partial charge on any atom is 0.305 e. The van der Waals surface area contributed by atoms with Crippen LogP contribution in [0.3, 0.4) is 0 Å². The van der Waals surface area contributed by atoms with Crippen LogP contribution in [0.5, 0.6) is 0 Å². The Balaban J connectivity index is 1.39. The summed E-state index contributed by atoms with van der Waals surface area (Å²) in [5, 5.41) is 0. The first-order chi connectivity index (χ1) is 18.2. The number of esters is 1. The lowest BCUT2D eigenvalue weighted by Gasteiger charge is -2.39. The highest BCUT2D eigenvalue weighted by Crippen LogP contribution is 2.42. The van der Waals surface area contributed by atoms with E-state index in [1.807, 2.05) is 18.4 Å². The van der Waals surface area contributed by atoms with E-state index in [0.717, 1.165) is 87.0 Å². The standard InChI is InChI=1S/C32H50N2O4/c1-5-6-7-8-9-10-11-16-28(35)38-20-18-32(2,3)31(37)34-26-15-13-12-14-24(26)29-27(34)21-23-17-19-33(4)22-25(23)30(29)36/h23,25H,5-22H2,1-4H3/t23-,25+/m1/s1. The van der Waals surface area contributed by atoms with Crippen molar-refractivity contribution in [1.29, 1.82) is 0 Å². The van der Waals surface area contributed by atoms with Crippen LogP contribution in [0.15, 0.2) is 0 Å². The van der Waals surface area contributed by atoms with E-state index in [1.165, 1.54) is 32.1 Å². The summed E-state index contributed by atoms with van der Waals surface area (Å²) in [4.78, 5) is 42.4. The van der Waals surface area contributed by atoms with E-state index >= 15 is 0 Å². The molecule has 1 fully saturated rings. The van der Waals surface area contributed by atoms with Gasteiger partial charge in [0.25, 0.3) is 0 Å². The van der Waals surface area contributed by atoms with Crippen molar-refractivity contribution in [3.05, 3.63) is 22.5 Å². The molecule has 2 heterocycles. The molecule has 1 aromatic rings. The Morgan fingerprint density at radius 3 is 2.47 bits per heavy atom. The lowest BCUT2D eigenvalue weighted by molar-refractivity contribution is -0.144. The van der Waals surface area contributed by atoms with Crippen LogP contribution in [0.4, 0.5) is 0 Å². The number of Topliss-reactive ketones (excluding diaryl/α,β-unsaturated/α-hetero) is 1. The number of ketones is 1. The van der Waals surface area contributed by atoms with Crippen molar-refractivity contribution < 1.29 is 19.1 Å². The molecule has 1 aromatic heterocycles. The quantitative estimate of drug-likeness (QED) is 0.232. The Bertz CT molecular complexity index is 1010. The minimum atomic E-state index is -0.676. The number of carbonyl (C=O) groups excluding carboxylic acids is 3. The summed E-state index contributed by atoms with van der Waals surface area (Å²) in [7, 11) is 2.10. The molecule has 38 heavy (non-hydrogen) atoms. The van der Waals surface area contributed by atoms with Crippen molar-refractivity contribution in [1.82, 2.24) is 9.47 Å². The van der Waals surface area contributed by atoms with Gasteiger partial charge in [0.1, 0.15) is 0 Å². The average Bonchev–Trinajstić information content (AvgIpc) is 3.22. The second-order valence-electron chi connectivity index (χ2n) is 12.8. The van der Waals surface area contributed by atoms with Gasteiger partial charge in [-0.2, -0.15) is 0 Å². The molecular weight excluding hydrogens is 476 g/mol. The summed E-state index contributed by atoms with van der Waals surface area (Å²) in [5.74, 6) is 0.548. The van der Waals surface area contributed by atoms with Crippen LogP contribution in [0.1, 0.15) is 130 Å². The zero-order chi connectivity index (χ0) is 27.3. The van der Waals surface area contributed by atoms with Crippen molar-refractivity contribution in [2.75, 3.05) is 26.7 Å². The van der Waals surface area contributed by atoms with E-state index in [4.69, 9.17) is 4.74 Å². The van der Waals surface area contributed by atoms with Gasteiger partial charge in [-0.3, -0.25) is 19.0 Å². The molecule has 212 valence electrons. The third kappa shape index (κ3) is 6.43. The van der Waals surface area contributed by atoms with Gasteiger partial charge in [-0.1, -0.05) is 59.3 Å². The van der Waals surface area contributed by atoms with Crippen LogP contribution in [-0.4, -0.2) is 53.9 Å². The van der Waals surface area contributed by atoms with E-state index < -0.39 is 5.41 Å². The van der Waals surface area contributed by atoms with Crippen LogP contribution in [0.25, 0.3) is 0 Å². The van der Waals surface area contributed by atoms with E-state index in [0.29, 0.717) is 18.8 Å². The van der Waals surface area contributed by atoms with Gasteiger partial charge in [0.15, 0.2) is 5.78 Å². The topological polar surface area (TPSA) is 68.6 Å². The van der Waals surface area contributed by atoms with E-state index in [-0.39, 0.29) is 30.2 Å². The molecule has 6 nitrogen and oxygen atoms in total. The van der Waals surface area contributed by atoms with Crippen LogP contribution in [-0.2, 0) is 28.8 Å². The van der Waals surface area contributed by atoms with Crippen LogP contribution in [0.2, 0.25) is 0 Å². The van der Waals surface area contributed by atoms with Crippen molar-refractivity contribution in [3.63, 3.8) is 0 Å². The highest BCUT2D eigenvalue weighted by molar-refractivity contribution is 6.04. The number of fused-ring (bicyclic) bond motifs is 4. The molecule has 0 bridgehead atoms. The number of aromatic nitrogens is 1. The molecule has 6 heteroatoms. The minimum absolute atomic E-state index is 0.0548. The predicted octanol–water partition coefficient (Wildman–Crippen LogP) is 6.41. The number of carbonyl (C=O) groups is 3. The molecule has 2 aliphatic carbocycles. The predicted molar refractivity (Wildman–Crippen MR) is 151 cm³/mol. The first kappa shape index (κ1) is 29.0. The maximum absolute atomic E-state index is 14.1. The zero-order valence-electron chi connectivity index (χ0n) is 24.4. The van der Waals surface area contributed by atoms with Crippen molar-refractivity contribution >= 4 is 17.7 Å². The Morgan fingerprint density at radius 2 is 1.71 bits per heavy atom. The fourth-order valence-corrected chi connectivity index (χ4v) is 6.85. The van der Waals surface area contributed by atoms with E-state index in [2.05, 4.69) is 18.9 Å². The minimum Gasteiger partial charge on any atom is -0.466 e. The number of hydrogen-bond acceptors (Lipinski definition) is 5. The molecule has 1 saturated heterocycles. The maximum atomic E-state index is 14.1. The largest absolute Gasteiger partial charge is 0.466 e. The van der Waals surface area contributed by atoms with Gasteiger partial charge in [0.05, 0.1) is 6.61 Å². The molecule has 4 rings (SSSR count). The molecule has 0 amide bonds. The van der Waals surface area contributed by atoms with E-state index in [1.54, 1.807) is 0 Å². The van der Waals surface area contributed by atoms with Gasteiger partial charge < -0.3 is 9.64 Å². The molecule has 3 aliphatic rings. The van der Waals surface area contributed by atoms with Gasteiger partial charge in [-0.05, 0) is 76.4 Å². The summed E-state index contributed by atoms with van der Waals surface area (Å²) in [6, 6.07) is 0. The number of piperidine rings is 1. The van der Waals surface area contributed by atoms with Crippen LogP contribution < -0.4 is 0 Å². The van der Waals surface area contributed by atoms with Crippen LogP contribution in [0, 0.1) is 17.3 Å². The molecule has 2 atom stereocenters. The molecule has 0 aromatic carbocycles. The number of rotatable bonds is 12. The Morgan fingerprint density at radius 1 is 1.00 bits per heavy atom. The lowest BCUT2D eigenvalue weighted by atomic mass is 9.72. The summed E-state index contributed by atoms with van der Waals surface area (Å²) in [5.41, 5.74) is 3.40. The monoisotopic (exact) mass is 526 g/mol. The van der Waals surface area contributed by atoms with Crippen molar-refractivity contribution in [2.24, 2.45) is 17.3 Å². The molecular formula is C32H50N2O4. The third-order valence-electron chi connectivity index (χ3n) is 9.32. The molecule has 0 saturated carbocycles. The van der Waals surface area contributed by atoms with E-state index in [9.17, 15) is 14.4 Å².